The summed E-state index contributed by atoms with van der Waals surface area (Å²) in [5.41, 5.74) is 0.260. The summed E-state index contributed by atoms with van der Waals surface area (Å²) in [4.78, 5) is 26.3. The van der Waals surface area contributed by atoms with Gasteiger partial charge in [-0.25, -0.2) is 9.29 Å². The van der Waals surface area contributed by atoms with Gasteiger partial charge in [-0.1, -0.05) is 24.9 Å². The Kier molecular flexibility index (Phi) is 3.82. The molecule has 112 valence electrons. The molecule has 0 bridgehead atoms. The number of hydrogen-bond donors (Lipinski definition) is 0. The summed E-state index contributed by atoms with van der Waals surface area (Å²) in [7, 11) is 0. The second kappa shape index (κ2) is 5.36. The normalized spacial score (nSPS) is 28.4. The minimum absolute atomic E-state index is 0.0654. The molecule has 2 amide bonds. The Bertz CT molecular complexity index is 589. The van der Waals surface area contributed by atoms with E-state index in [-0.39, 0.29) is 34.4 Å². The largest absolute Gasteiger partial charge is 0.274 e. The number of carbonyl (C=O) groups is 2. The smallest absolute Gasteiger partial charge is 0.237 e. The van der Waals surface area contributed by atoms with E-state index in [0.29, 0.717) is 10.4 Å². The monoisotopic (exact) mass is 373 g/mol. The van der Waals surface area contributed by atoms with E-state index in [1.54, 1.807) is 0 Å². The number of fused-ring (bicyclic) bond motifs is 1. The fraction of sp³-hybridized carbons (Fsp3) is 0.467. The Hall–Kier alpha value is -0.940. The lowest BCUT2D eigenvalue weighted by molar-refractivity contribution is -0.123. The average molecular weight is 375 g/mol. The van der Waals surface area contributed by atoms with Crippen LogP contribution in [0.25, 0.3) is 0 Å². The molecule has 1 heterocycles. The van der Waals surface area contributed by atoms with Crippen LogP contribution in [0.1, 0.15) is 26.2 Å². The Balaban J connectivity index is 1.99. The van der Waals surface area contributed by atoms with Crippen molar-refractivity contribution in [2.24, 2.45) is 17.8 Å². The number of carbonyl (C=O) groups excluding carboxylic acids is 2. The van der Waals surface area contributed by atoms with E-state index >= 15 is 0 Å². The summed E-state index contributed by atoms with van der Waals surface area (Å²) in [6.07, 6.45) is 2.48. The van der Waals surface area contributed by atoms with Gasteiger partial charge >= 0.3 is 0 Å². The molecule has 2 atom stereocenters. The fourth-order valence-corrected chi connectivity index (χ4v) is 4.45. The summed E-state index contributed by atoms with van der Waals surface area (Å²) in [6, 6.07) is 2.33. The summed E-state index contributed by atoms with van der Waals surface area (Å²) >= 11 is 9.24. The van der Waals surface area contributed by atoms with E-state index in [1.165, 1.54) is 6.07 Å². The molecule has 1 aromatic carbocycles. The predicted molar refractivity (Wildman–Crippen MR) is 81.6 cm³/mol. The number of hydrogen-bond acceptors (Lipinski definition) is 2. The standard InChI is InChI=1S/C15H14BrClFNO2/c1-2-7-3-9-10(4-7)15(21)19(14(9)20)13-11(16)5-8(18)6-12(13)17/h5-7,9-10H,2-4H2,1H3. The van der Waals surface area contributed by atoms with Crippen LogP contribution in [0.5, 0.6) is 0 Å². The van der Waals surface area contributed by atoms with Gasteiger partial charge in [0.15, 0.2) is 0 Å². The molecule has 1 aliphatic carbocycles. The maximum Gasteiger partial charge on any atom is 0.237 e. The van der Waals surface area contributed by atoms with Gasteiger partial charge in [0.2, 0.25) is 11.8 Å². The Morgan fingerprint density at radius 1 is 1.29 bits per heavy atom. The molecule has 6 heteroatoms. The first-order valence-electron chi connectivity index (χ1n) is 6.96. The molecule has 1 aromatic rings. The number of amides is 2. The van der Waals surface area contributed by atoms with Gasteiger partial charge in [-0.2, -0.15) is 0 Å². The van der Waals surface area contributed by atoms with Crippen molar-refractivity contribution in [3.05, 3.63) is 27.4 Å². The van der Waals surface area contributed by atoms with Crippen molar-refractivity contribution >= 4 is 45.0 Å². The summed E-state index contributed by atoms with van der Waals surface area (Å²) < 4.78 is 13.6. The topological polar surface area (TPSA) is 37.4 Å². The molecule has 1 aliphatic heterocycles. The third kappa shape index (κ3) is 2.30. The van der Waals surface area contributed by atoms with Gasteiger partial charge in [0.25, 0.3) is 0 Å². The molecule has 0 radical (unpaired) electrons. The molecule has 1 saturated carbocycles. The van der Waals surface area contributed by atoms with Crippen LogP contribution in [-0.4, -0.2) is 11.8 Å². The molecule has 0 N–H and O–H groups in total. The first-order chi connectivity index (χ1) is 9.93. The van der Waals surface area contributed by atoms with Crippen molar-refractivity contribution in [3.8, 4) is 0 Å². The van der Waals surface area contributed by atoms with Crippen molar-refractivity contribution in [3.63, 3.8) is 0 Å². The van der Waals surface area contributed by atoms with Crippen LogP contribution in [0.2, 0.25) is 5.02 Å². The highest BCUT2D eigenvalue weighted by molar-refractivity contribution is 9.10. The number of anilines is 1. The Labute approximate surface area is 135 Å². The zero-order valence-corrected chi connectivity index (χ0v) is 13.7. The van der Waals surface area contributed by atoms with Crippen LogP contribution < -0.4 is 4.90 Å². The minimum Gasteiger partial charge on any atom is -0.274 e. The highest BCUT2D eigenvalue weighted by atomic mass is 79.9. The summed E-state index contributed by atoms with van der Waals surface area (Å²) in [5.74, 6) is -1.01. The van der Waals surface area contributed by atoms with Crippen LogP contribution in [-0.2, 0) is 9.59 Å². The van der Waals surface area contributed by atoms with Gasteiger partial charge in [0, 0.05) is 4.47 Å². The zero-order chi connectivity index (χ0) is 15.3. The molecular weight excluding hydrogens is 361 g/mol. The molecule has 0 aromatic heterocycles. The van der Waals surface area contributed by atoms with Crippen LogP contribution in [0, 0.1) is 23.6 Å². The molecule has 21 heavy (non-hydrogen) atoms. The zero-order valence-electron chi connectivity index (χ0n) is 11.4. The van der Waals surface area contributed by atoms with Crippen molar-refractivity contribution in [1.82, 2.24) is 0 Å². The van der Waals surface area contributed by atoms with E-state index < -0.39 is 5.82 Å². The number of nitrogens with zero attached hydrogens (tertiary/aromatic N) is 1. The lowest BCUT2D eigenvalue weighted by Crippen LogP contribution is -2.32. The van der Waals surface area contributed by atoms with Gasteiger partial charge in [-0.3, -0.25) is 9.59 Å². The highest BCUT2D eigenvalue weighted by Crippen LogP contribution is 2.48. The molecule has 1 saturated heterocycles. The first-order valence-corrected chi connectivity index (χ1v) is 8.13. The van der Waals surface area contributed by atoms with Gasteiger partial charge in [-0.05, 0) is 46.8 Å². The van der Waals surface area contributed by atoms with E-state index in [4.69, 9.17) is 11.6 Å². The third-order valence-corrected chi connectivity index (χ3v) is 5.41. The van der Waals surface area contributed by atoms with Gasteiger partial charge in [0.05, 0.1) is 22.5 Å². The van der Waals surface area contributed by atoms with Gasteiger partial charge in [-0.15, -0.1) is 0 Å². The second-order valence-electron chi connectivity index (χ2n) is 5.69. The Morgan fingerprint density at radius 2 is 1.86 bits per heavy atom. The minimum atomic E-state index is -0.513. The van der Waals surface area contributed by atoms with Crippen molar-refractivity contribution in [2.75, 3.05) is 4.90 Å². The van der Waals surface area contributed by atoms with Crippen LogP contribution in [0.3, 0.4) is 0 Å². The predicted octanol–water partition coefficient (Wildman–Crippen LogP) is 4.17. The number of rotatable bonds is 2. The van der Waals surface area contributed by atoms with E-state index in [2.05, 4.69) is 22.9 Å². The van der Waals surface area contributed by atoms with Crippen molar-refractivity contribution in [2.45, 2.75) is 26.2 Å². The Morgan fingerprint density at radius 3 is 2.33 bits per heavy atom. The molecule has 3 nitrogen and oxygen atoms in total. The molecule has 2 fully saturated rings. The molecular formula is C15H14BrClFNO2. The van der Waals surface area contributed by atoms with Crippen LogP contribution in [0.4, 0.5) is 10.1 Å². The fourth-order valence-electron chi connectivity index (χ4n) is 3.43. The summed E-state index contributed by atoms with van der Waals surface area (Å²) in [6.45, 7) is 2.08. The number of imide groups is 1. The van der Waals surface area contributed by atoms with Crippen molar-refractivity contribution < 1.29 is 14.0 Å². The average Bonchev–Trinajstić information content (AvgIpc) is 2.93. The third-order valence-electron chi connectivity index (χ3n) is 4.52. The molecule has 2 unspecified atom stereocenters. The summed E-state index contributed by atoms with van der Waals surface area (Å²) in [5, 5.41) is 0.0654. The van der Waals surface area contributed by atoms with E-state index in [1.807, 2.05) is 0 Å². The molecule has 0 spiro atoms. The SMILES string of the molecule is CCC1CC2C(=O)N(c3c(Cl)cc(F)cc3Br)C(=O)C2C1. The highest BCUT2D eigenvalue weighted by Gasteiger charge is 2.53. The first kappa shape index (κ1) is 15.0. The van der Waals surface area contributed by atoms with Crippen LogP contribution in [0.15, 0.2) is 16.6 Å². The maximum atomic E-state index is 13.3. The maximum absolute atomic E-state index is 13.3. The second-order valence-corrected chi connectivity index (χ2v) is 6.95. The molecule has 2 aliphatic rings. The lowest BCUT2D eigenvalue weighted by Gasteiger charge is -2.20. The van der Waals surface area contributed by atoms with Gasteiger partial charge in [0.1, 0.15) is 5.82 Å². The lowest BCUT2D eigenvalue weighted by atomic mass is 10.00. The van der Waals surface area contributed by atoms with E-state index in [0.717, 1.165) is 30.2 Å². The quantitative estimate of drug-likeness (QED) is 0.729. The molecule has 3 rings (SSSR count). The van der Waals surface area contributed by atoms with Crippen LogP contribution >= 0.6 is 27.5 Å². The number of halogens is 3. The number of benzene rings is 1. The van der Waals surface area contributed by atoms with Crippen molar-refractivity contribution in [1.29, 1.82) is 0 Å². The van der Waals surface area contributed by atoms with E-state index in [9.17, 15) is 14.0 Å². The van der Waals surface area contributed by atoms with Gasteiger partial charge < -0.3 is 0 Å².